The predicted molar refractivity (Wildman–Crippen MR) is 75.8 cm³/mol. The predicted octanol–water partition coefficient (Wildman–Crippen LogP) is 1.75. The van der Waals surface area contributed by atoms with Crippen molar-refractivity contribution in [3.63, 3.8) is 0 Å². The molecule has 1 aromatic carbocycles. The van der Waals surface area contributed by atoms with Gasteiger partial charge in [0.15, 0.2) is 12.4 Å². The second kappa shape index (κ2) is 6.51. The minimum Gasteiger partial charge on any atom is -0.619 e. The highest BCUT2D eigenvalue weighted by Crippen LogP contribution is 2.12. The van der Waals surface area contributed by atoms with Crippen LogP contribution < -0.4 is 10.0 Å². The number of hydrogen-bond donors (Lipinski definition) is 1. The molecule has 0 saturated heterocycles. The van der Waals surface area contributed by atoms with Gasteiger partial charge in [-0.05, 0) is 31.2 Å². The van der Waals surface area contributed by atoms with Crippen molar-refractivity contribution in [2.24, 2.45) is 0 Å². The number of amides is 1. The van der Waals surface area contributed by atoms with Gasteiger partial charge in [0.05, 0.1) is 17.7 Å². The third-order valence-electron chi connectivity index (χ3n) is 2.72. The van der Waals surface area contributed by atoms with Gasteiger partial charge in [-0.25, -0.2) is 4.79 Å². The highest BCUT2D eigenvalue weighted by Gasteiger charge is 2.09. The van der Waals surface area contributed by atoms with Gasteiger partial charge in [0.25, 0.3) is 5.91 Å². The first-order chi connectivity index (χ1) is 10.1. The summed E-state index contributed by atoms with van der Waals surface area (Å²) in [6, 6.07) is 9.22. The summed E-state index contributed by atoms with van der Waals surface area (Å²) in [5, 5.41) is 13.6. The Balaban J connectivity index is 2.04. The zero-order valence-electron chi connectivity index (χ0n) is 11.4. The Morgan fingerprint density at radius 3 is 2.29 bits per heavy atom. The van der Waals surface area contributed by atoms with E-state index in [4.69, 9.17) is 4.74 Å². The fraction of sp³-hybridized carbons (Fsp3) is 0.133. The molecule has 2 aromatic rings. The van der Waals surface area contributed by atoms with Crippen LogP contribution in [0.25, 0.3) is 0 Å². The lowest BCUT2D eigenvalue weighted by Gasteiger charge is -2.06. The molecule has 0 aliphatic rings. The third kappa shape index (κ3) is 3.79. The van der Waals surface area contributed by atoms with Crippen molar-refractivity contribution in [2.45, 2.75) is 6.92 Å². The van der Waals surface area contributed by atoms with E-state index < -0.39 is 5.97 Å². The highest BCUT2D eigenvalue weighted by atomic mass is 16.5. The van der Waals surface area contributed by atoms with Gasteiger partial charge in [0, 0.05) is 17.8 Å². The molecule has 0 aliphatic heterocycles. The van der Waals surface area contributed by atoms with Crippen LogP contribution in [0.3, 0.4) is 0 Å². The van der Waals surface area contributed by atoms with Gasteiger partial charge in [-0.3, -0.25) is 4.79 Å². The maximum Gasteiger partial charge on any atom is 0.338 e. The summed E-state index contributed by atoms with van der Waals surface area (Å²) in [4.78, 5) is 23.4. The molecule has 6 heteroatoms. The number of rotatable bonds is 4. The Morgan fingerprint density at radius 1 is 1.10 bits per heavy atom. The van der Waals surface area contributed by atoms with Crippen LogP contribution in [0.15, 0.2) is 48.8 Å². The summed E-state index contributed by atoms with van der Waals surface area (Å²) >= 11 is 0. The number of aromatic nitrogens is 1. The molecule has 1 aromatic heterocycles. The molecular weight excluding hydrogens is 272 g/mol. The Bertz CT molecular complexity index is 636. The Hall–Kier alpha value is -2.89. The molecule has 0 radical (unpaired) electrons. The van der Waals surface area contributed by atoms with Crippen molar-refractivity contribution in [1.29, 1.82) is 0 Å². The number of hydrogen-bond acceptors (Lipinski definition) is 4. The van der Waals surface area contributed by atoms with Gasteiger partial charge in [0.2, 0.25) is 0 Å². The SMILES string of the molecule is CCOC(=O)c1ccc(NC(=O)c2cc[n+]([O-])cc2)cc1. The molecule has 2 rings (SSSR count). The van der Waals surface area contributed by atoms with Gasteiger partial charge in [-0.15, -0.1) is 0 Å². The van der Waals surface area contributed by atoms with E-state index in [1.165, 1.54) is 24.5 Å². The monoisotopic (exact) mass is 286 g/mol. The number of ether oxygens (including phenoxy) is 1. The molecule has 0 saturated carbocycles. The molecule has 0 bridgehead atoms. The smallest absolute Gasteiger partial charge is 0.338 e. The molecule has 1 heterocycles. The molecule has 6 nitrogen and oxygen atoms in total. The maximum absolute atomic E-state index is 11.9. The van der Waals surface area contributed by atoms with E-state index in [-0.39, 0.29) is 5.91 Å². The normalized spacial score (nSPS) is 9.95. The first kappa shape index (κ1) is 14.5. The number of pyridine rings is 1. The van der Waals surface area contributed by atoms with E-state index in [9.17, 15) is 14.8 Å². The van der Waals surface area contributed by atoms with E-state index >= 15 is 0 Å². The summed E-state index contributed by atoms with van der Waals surface area (Å²) in [5.74, 6) is -0.738. The fourth-order valence-corrected chi connectivity index (χ4v) is 1.67. The first-order valence-electron chi connectivity index (χ1n) is 6.37. The summed E-state index contributed by atoms with van der Waals surface area (Å²) in [6.07, 6.45) is 2.50. The molecule has 0 unspecified atom stereocenters. The van der Waals surface area contributed by atoms with Crippen molar-refractivity contribution in [3.05, 3.63) is 65.1 Å². The lowest BCUT2D eigenvalue weighted by Crippen LogP contribution is -2.25. The van der Waals surface area contributed by atoms with Crippen LogP contribution in [-0.2, 0) is 4.74 Å². The minimum absolute atomic E-state index is 0.311. The molecule has 108 valence electrons. The van der Waals surface area contributed by atoms with Crippen molar-refractivity contribution in [2.75, 3.05) is 11.9 Å². The molecule has 0 aliphatic carbocycles. The van der Waals surface area contributed by atoms with E-state index in [2.05, 4.69) is 5.32 Å². The molecule has 1 N–H and O–H groups in total. The van der Waals surface area contributed by atoms with E-state index in [1.807, 2.05) is 0 Å². The number of carbonyl (C=O) groups is 2. The first-order valence-corrected chi connectivity index (χ1v) is 6.37. The average Bonchev–Trinajstić information content (AvgIpc) is 2.49. The largest absolute Gasteiger partial charge is 0.619 e. The number of carbonyl (C=O) groups excluding carboxylic acids is 2. The molecular formula is C15H14N2O4. The van der Waals surface area contributed by atoms with Gasteiger partial charge >= 0.3 is 5.97 Å². The van der Waals surface area contributed by atoms with Crippen LogP contribution in [0.1, 0.15) is 27.6 Å². The van der Waals surface area contributed by atoms with Crippen molar-refractivity contribution >= 4 is 17.6 Å². The zero-order chi connectivity index (χ0) is 15.2. The number of nitrogens with zero attached hydrogens (tertiary/aromatic N) is 1. The van der Waals surface area contributed by atoms with Gasteiger partial charge < -0.3 is 15.3 Å². The second-order valence-electron chi connectivity index (χ2n) is 4.20. The van der Waals surface area contributed by atoms with Gasteiger partial charge in [-0.1, -0.05) is 0 Å². The van der Waals surface area contributed by atoms with Crippen LogP contribution in [0.5, 0.6) is 0 Å². The van der Waals surface area contributed by atoms with Gasteiger partial charge in [-0.2, -0.15) is 4.73 Å². The Labute approximate surface area is 121 Å². The topological polar surface area (TPSA) is 82.3 Å². The molecule has 21 heavy (non-hydrogen) atoms. The van der Waals surface area contributed by atoms with Crippen LogP contribution >= 0.6 is 0 Å². The second-order valence-corrected chi connectivity index (χ2v) is 4.20. The van der Waals surface area contributed by atoms with Crippen molar-refractivity contribution in [1.82, 2.24) is 0 Å². The number of benzene rings is 1. The standard InChI is InChI=1S/C15H14N2O4/c1-2-21-15(19)12-3-5-13(6-4-12)16-14(18)11-7-9-17(20)10-8-11/h3-10H,2H2,1H3,(H,16,18). The van der Waals surface area contributed by atoms with E-state index in [0.29, 0.717) is 28.2 Å². The zero-order valence-corrected chi connectivity index (χ0v) is 11.4. The Kier molecular flexibility index (Phi) is 4.50. The van der Waals surface area contributed by atoms with Crippen LogP contribution in [0.4, 0.5) is 5.69 Å². The van der Waals surface area contributed by atoms with E-state index in [0.717, 1.165) is 0 Å². The fourth-order valence-electron chi connectivity index (χ4n) is 1.67. The maximum atomic E-state index is 11.9. The van der Waals surface area contributed by atoms with Gasteiger partial charge in [0.1, 0.15) is 0 Å². The van der Waals surface area contributed by atoms with Crippen LogP contribution in [0.2, 0.25) is 0 Å². The number of anilines is 1. The molecule has 1 amide bonds. The summed E-state index contributed by atoms with van der Waals surface area (Å²) in [6.45, 7) is 2.04. The lowest BCUT2D eigenvalue weighted by atomic mass is 10.2. The third-order valence-corrected chi connectivity index (χ3v) is 2.72. The Morgan fingerprint density at radius 2 is 1.71 bits per heavy atom. The molecule has 0 atom stereocenters. The summed E-state index contributed by atoms with van der Waals surface area (Å²) in [7, 11) is 0. The van der Waals surface area contributed by atoms with E-state index in [1.54, 1.807) is 31.2 Å². The lowest BCUT2D eigenvalue weighted by molar-refractivity contribution is -0.605. The highest BCUT2D eigenvalue weighted by molar-refractivity contribution is 6.04. The van der Waals surface area contributed by atoms with Crippen molar-refractivity contribution in [3.8, 4) is 0 Å². The van der Waals surface area contributed by atoms with Crippen LogP contribution in [0, 0.1) is 5.21 Å². The molecule has 0 fully saturated rings. The average molecular weight is 286 g/mol. The molecule has 0 spiro atoms. The number of esters is 1. The summed E-state index contributed by atoms with van der Waals surface area (Å²) in [5.41, 5.74) is 1.34. The minimum atomic E-state index is -0.404. The summed E-state index contributed by atoms with van der Waals surface area (Å²) < 4.78 is 5.47. The van der Waals surface area contributed by atoms with Crippen LogP contribution in [-0.4, -0.2) is 18.5 Å². The quantitative estimate of drug-likeness (QED) is 0.527. The van der Waals surface area contributed by atoms with Crippen molar-refractivity contribution < 1.29 is 19.1 Å². The number of nitrogens with one attached hydrogen (secondary N) is 1.